The van der Waals surface area contributed by atoms with Crippen molar-refractivity contribution >= 4 is 100 Å². The Labute approximate surface area is 721 Å². The zero-order valence-corrected chi connectivity index (χ0v) is 73.6. The van der Waals surface area contributed by atoms with Crippen LogP contribution in [0, 0.1) is 23.2 Å². The summed E-state index contributed by atoms with van der Waals surface area (Å²) in [6.45, 7) is 7.65. The Bertz CT molecular complexity index is 3090. The van der Waals surface area contributed by atoms with E-state index in [0.717, 1.165) is 116 Å². The lowest BCUT2D eigenvalue weighted by atomic mass is 9.79. The lowest BCUT2D eigenvalue weighted by Crippen LogP contribution is -2.44. The van der Waals surface area contributed by atoms with E-state index in [1.165, 1.54) is 58.3 Å². The highest BCUT2D eigenvalue weighted by molar-refractivity contribution is 5.93. The molecule has 0 aliphatic carbocycles. The van der Waals surface area contributed by atoms with E-state index >= 15 is 0 Å². The van der Waals surface area contributed by atoms with Gasteiger partial charge in [0.1, 0.15) is 41.3 Å². The second kappa shape index (κ2) is 71.2. The van der Waals surface area contributed by atoms with E-state index < -0.39 is 137 Å². The first-order valence-corrected chi connectivity index (χ1v) is 45.4. The van der Waals surface area contributed by atoms with Crippen LogP contribution in [-0.2, 0) is 81.5 Å². The Hall–Kier alpha value is -8.29. The van der Waals surface area contributed by atoms with Gasteiger partial charge in [-0.1, -0.05) is 188 Å². The van der Waals surface area contributed by atoms with Gasteiger partial charge in [0.15, 0.2) is 0 Å². The van der Waals surface area contributed by atoms with Gasteiger partial charge in [0.2, 0.25) is 41.4 Å². The highest BCUT2D eigenvalue weighted by Gasteiger charge is 2.32. The molecule has 0 aromatic heterocycles. The summed E-state index contributed by atoms with van der Waals surface area (Å²) in [6.07, 6.45) is 31.9. The first-order chi connectivity index (χ1) is 57.5. The fourth-order valence-electron chi connectivity index (χ4n) is 14.1. The summed E-state index contributed by atoms with van der Waals surface area (Å²) in [7, 11) is 0. The number of nitrogens with two attached hydrogens (primary N) is 2. The Balaban J connectivity index is -0.0000720. The van der Waals surface area contributed by atoms with Crippen molar-refractivity contribution in [1.29, 1.82) is 0 Å². The molecule has 0 fully saturated rings. The van der Waals surface area contributed by atoms with Crippen molar-refractivity contribution in [2.75, 3.05) is 26.2 Å². The summed E-state index contributed by atoms with van der Waals surface area (Å²) >= 11 is 0. The van der Waals surface area contributed by atoms with Crippen molar-refractivity contribution in [2.45, 2.75) is 411 Å². The Morgan fingerprint density at radius 3 is 0.893 bits per heavy atom. The van der Waals surface area contributed by atoms with Crippen molar-refractivity contribution in [2.24, 2.45) is 34.6 Å². The molecule has 0 saturated carbocycles. The van der Waals surface area contributed by atoms with Crippen molar-refractivity contribution in [3.8, 4) is 0 Å². The molecule has 0 unspecified atom stereocenters. The van der Waals surface area contributed by atoms with Gasteiger partial charge >= 0.3 is 35.8 Å². The third kappa shape index (κ3) is 65.1. The number of Topliss-reactive ketones (excluding diaryl/α,β-unsaturated/α-hetero) is 4. The number of nitrogens with one attached hydrogen (secondary N) is 7. The topological polar surface area (TPSA) is 548 Å². The van der Waals surface area contributed by atoms with Crippen molar-refractivity contribution in [1.82, 2.24) is 37.2 Å². The number of rotatable bonds is 83. The molecule has 698 valence electrons. The minimum absolute atomic E-state index is 0. The second-order valence-electron chi connectivity index (χ2n) is 34.0. The number of aliphatic carboxylic acids is 6. The van der Waals surface area contributed by atoms with Gasteiger partial charge in [0, 0.05) is 117 Å². The molecule has 0 aliphatic rings. The lowest BCUT2D eigenvalue weighted by molar-refractivity contribution is -0.145. The maximum atomic E-state index is 13.9. The zero-order valence-electron chi connectivity index (χ0n) is 73.6. The predicted molar refractivity (Wildman–Crippen MR) is 463 cm³/mol. The zero-order chi connectivity index (χ0) is 90.6. The lowest BCUT2D eigenvalue weighted by Gasteiger charge is -2.23. The third-order valence-electron chi connectivity index (χ3n) is 22.1. The number of amides is 7. The molecule has 0 aromatic rings. The highest BCUT2D eigenvalue weighted by Crippen LogP contribution is 2.28. The fraction of sp³-hybridized carbons (Fsp3) is 0.809. The number of hydrogen-bond donors (Lipinski definition) is 15. The van der Waals surface area contributed by atoms with Crippen LogP contribution in [0.4, 0.5) is 0 Å². The number of carbonyl (C=O) groups excluding carboxylic acids is 11. The molecular formula is C89H159N9O23. The summed E-state index contributed by atoms with van der Waals surface area (Å²) in [5.74, 6) is -13.6. The van der Waals surface area contributed by atoms with Crippen LogP contribution >= 0.6 is 0 Å². The van der Waals surface area contributed by atoms with Gasteiger partial charge in [-0.3, -0.25) is 67.1 Å². The maximum absolute atomic E-state index is 13.9. The molecule has 0 bridgehead atoms. The number of carbonyl (C=O) groups is 17. The first-order valence-electron chi connectivity index (χ1n) is 45.4. The van der Waals surface area contributed by atoms with Gasteiger partial charge in [0.05, 0.1) is 18.0 Å². The molecule has 0 heterocycles. The largest absolute Gasteiger partial charge is 0.481 e. The van der Waals surface area contributed by atoms with Crippen LogP contribution in [0.3, 0.4) is 0 Å². The van der Waals surface area contributed by atoms with Gasteiger partial charge < -0.3 is 79.3 Å². The van der Waals surface area contributed by atoms with Gasteiger partial charge in [-0.05, 0) is 122 Å². The van der Waals surface area contributed by atoms with Crippen molar-refractivity contribution in [3.05, 3.63) is 0 Å². The minimum atomic E-state index is -1.43. The monoisotopic (exact) mass is 1720 g/mol. The molecule has 0 spiro atoms. The van der Waals surface area contributed by atoms with E-state index in [-0.39, 0.29) is 149 Å². The van der Waals surface area contributed by atoms with E-state index in [2.05, 4.69) is 37.2 Å². The van der Waals surface area contributed by atoms with Gasteiger partial charge in [-0.25, -0.2) is 14.4 Å². The maximum Gasteiger partial charge on any atom is 0.326 e. The summed E-state index contributed by atoms with van der Waals surface area (Å²) in [6, 6.07) is -5.82. The number of hydrogen-bond acceptors (Lipinski definition) is 19. The van der Waals surface area contributed by atoms with Crippen LogP contribution in [0.15, 0.2) is 0 Å². The molecule has 8 atom stereocenters. The molecule has 0 radical (unpaired) electrons. The van der Waals surface area contributed by atoms with E-state index in [4.69, 9.17) is 21.7 Å². The van der Waals surface area contributed by atoms with E-state index in [1.54, 1.807) is 20.8 Å². The number of unbranched alkanes of at least 4 members (excludes halogenated alkanes) is 30. The number of carboxylic acids is 6. The van der Waals surface area contributed by atoms with E-state index in [0.29, 0.717) is 83.5 Å². The SMILES string of the molecule is CC(=O)[C@H](CCCCNC(=O)[C@@H](N)CCCCNC(=O)CC[C@H](CC(=O)CC[C@H](NC(=O)CCCCCCCCCCCCCCCCC(=O)O)C(=O)O)C(=O)O)CC(=O)[C@H](CCCCNC(=O)[C@@H](N)CCCCNC(=O)CC[C@H](NC(=O)CC[C@H](NC(=O)CCCCCCCCCCCCCCCCC(=O)O)C(=O)O)C(=O)O)CC(=O)C(C)(C)C.[HH].[HH]. The van der Waals surface area contributed by atoms with Crippen LogP contribution in [0.25, 0.3) is 0 Å². The molecule has 32 heteroatoms. The van der Waals surface area contributed by atoms with Crippen LogP contribution in [-0.4, -0.2) is 187 Å². The smallest absolute Gasteiger partial charge is 0.326 e. The molecule has 32 nitrogen and oxygen atoms in total. The molecule has 17 N–H and O–H groups in total. The molecule has 0 aromatic carbocycles. The molecule has 0 saturated heterocycles. The Morgan fingerprint density at radius 1 is 0.281 bits per heavy atom. The minimum Gasteiger partial charge on any atom is -0.481 e. The quantitative estimate of drug-likeness (QED) is 0.0251. The molecule has 121 heavy (non-hydrogen) atoms. The summed E-state index contributed by atoms with van der Waals surface area (Å²) in [5, 5.41) is 74.7. The average molecular weight is 1720 g/mol. The summed E-state index contributed by atoms with van der Waals surface area (Å²) in [5.41, 5.74) is 11.6. The summed E-state index contributed by atoms with van der Waals surface area (Å²) in [4.78, 5) is 211. The molecular weight excluding hydrogens is 1560 g/mol. The molecule has 7 amide bonds. The Morgan fingerprint density at radius 2 is 0.570 bits per heavy atom. The van der Waals surface area contributed by atoms with Crippen LogP contribution in [0.1, 0.15) is 384 Å². The van der Waals surface area contributed by atoms with Crippen LogP contribution < -0.4 is 48.7 Å². The Kier molecular flexibility index (Phi) is 66.3. The van der Waals surface area contributed by atoms with Crippen LogP contribution in [0.5, 0.6) is 0 Å². The predicted octanol–water partition coefficient (Wildman–Crippen LogP) is 12.2. The normalized spacial score (nSPS) is 13.3. The van der Waals surface area contributed by atoms with E-state index in [9.17, 15) is 102 Å². The van der Waals surface area contributed by atoms with Gasteiger partial charge in [-0.2, -0.15) is 0 Å². The molecule has 0 aliphatic heterocycles. The number of carboxylic acid groups (broad SMARTS) is 6. The van der Waals surface area contributed by atoms with Crippen molar-refractivity contribution < 1.29 is 115 Å². The fourth-order valence-corrected chi connectivity index (χ4v) is 14.1. The highest BCUT2D eigenvalue weighted by atomic mass is 16.4. The second-order valence-corrected chi connectivity index (χ2v) is 34.0. The standard InChI is InChI=1S/C89H155N9O23.2H2/c1-64(99)65(41-33-37-59-94-83(112)69(90)43-35-39-57-92-76(103)54-49-67(85(114)115)61-68(100)50-51-71(86(116)117)96-78(105)45-29-25-21-17-13-9-5-7-11-15-19-23-27-31-47-81(108)109)62-74(101)66(63-75(102)89(2,3)4)42-34-38-60-95-84(113)70(91)44-36-40-58-93-77(104)55-52-72(87(118)119)98-80(107)56-53-73(88(120)121)97-79(106)46-30-26-22-18-14-10-6-8-12-16-20-24-28-32-48-82(110)111;;/h65-67,69-73H,5-63,90-91H2,1-4H3,(H,92,103)(H,93,104)(H,94,112)(H,95,113)(H,96,105)(H,97,106)(H,98,107)(H,108,109)(H,110,111)(H,114,115)(H,116,117)(H,118,119)(H,120,121);2*1H/t65-,66-,67-,69+,70+,71+,72+,73+;;/m1../s1. The third-order valence-corrected chi connectivity index (χ3v) is 22.1. The van der Waals surface area contributed by atoms with Gasteiger partial charge in [0.25, 0.3) is 0 Å². The van der Waals surface area contributed by atoms with Gasteiger partial charge in [-0.15, -0.1) is 0 Å². The first kappa shape index (κ1) is 113. The van der Waals surface area contributed by atoms with Crippen LogP contribution in [0.2, 0.25) is 0 Å². The van der Waals surface area contributed by atoms with Crippen molar-refractivity contribution in [3.63, 3.8) is 0 Å². The summed E-state index contributed by atoms with van der Waals surface area (Å²) < 4.78 is 0. The number of ketones is 4. The van der Waals surface area contributed by atoms with E-state index in [1.807, 2.05) is 0 Å². The average Bonchev–Trinajstić information content (AvgIpc) is 0.863. The molecule has 0 rings (SSSR count).